The Kier molecular flexibility index (Phi) is 5.56. The molecule has 0 rings (SSSR count). The Morgan fingerprint density at radius 3 is 2.50 bits per heavy atom. The van der Waals surface area contributed by atoms with Gasteiger partial charge in [-0.1, -0.05) is 6.92 Å². The third kappa shape index (κ3) is 4.41. The molecular formula is C6H13ClO. The summed E-state index contributed by atoms with van der Waals surface area (Å²) in [4.78, 5) is 0. The molecule has 0 aromatic heterocycles. The first kappa shape index (κ1) is 8.25. The fourth-order valence-corrected chi connectivity index (χ4v) is 0.924. The maximum atomic E-state index is 8.42. The predicted molar refractivity (Wildman–Crippen MR) is 36.2 cm³/mol. The van der Waals surface area contributed by atoms with Crippen molar-refractivity contribution in [3.05, 3.63) is 0 Å². The van der Waals surface area contributed by atoms with Gasteiger partial charge in [0.15, 0.2) is 0 Å². The minimum Gasteiger partial charge on any atom is -0.396 e. The number of alkyl halides is 1. The summed E-state index contributed by atoms with van der Waals surface area (Å²) in [5.41, 5.74) is 0. The summed E-state index contributed by atoms with van der Waals surface area (Å²) in [5, 5.41) is 8.42. The van der Waals surface area contributed by atoms with Crippen LogP contribution in [0.5, 0.6) is 0 Å². The topological polar surface area (TPSA) is 20.2 Å². The summed E-state index contributed by atoms with van der Waals surface area (Å²) >= 11 is 5.45. The van der Waals surface area contributed by atoms with Crippen molar-refractivity contribution in [1.82, 2.24) is 0 Å². The second-order valence-electron chi connectivity index (χ2n) is 2.10. The van der Waals surface area contributed by atoms with Crippen molar-refractivity contribution < 1.29 is 5.11 Å². The highest BCUT2D eigenvalue weighted by Crippen LogP contribution is 2.06. The van der Waals surface area contributed by atoms with Gasteiger partial charge in [-0.25, -0.2) is 0 Å². The molecule has 0 bridgehead atoms. The van der Waals surface area contributed by atoms with Crippen LogP contribution in [0.1, 0.15) is 19.8 Å². The van der Waals surface area contributed by atoms with Crippen molar-refractivity contribution >= 4 is 11.6 Å². The molecule has 0 fully saturated rings. The van der Waals surface area contributed by atoms with E-state index in [2.05, 4.69) is 6.92 Å². The quantitative estimate of drug-likeness (QED) is 0.583. The van der Waals surface area contributed by atoms with Crippen LogP contribution in [0.2, 0.25) is 0 Å². The van der Waals surface area contributed by atoms with Crippen LogP contribution in [0.15, 0.2) is 0 Å². The third-order valence-corrected chi connectivity index (χ3v) is 1.44. The molecule has 1 N–H and O–H groups in total. The Hall–Kier alpha value is 0.250. The molecule has 0 saturated carbocycles. The van der Waals surface area contributed by atoms with Crippen molar-refractivity contribution in [2.24, 2.45) is 5.92 Å². The average molecular weight is 137 g/mol. The van der Waals surface area contributed by atoms with E-state index in [0.717, 1.165) is 12.8 Å². The van der Waals surface area contributed by atoms with E-state index in [0.29, 0.717) is 11.8 Å². The van der Waals surface area contributed by atoms with Crippen LogP contribution in [0.3, 0.4) is 0 Å². The van der Waals surface area contributed by atoms with E-state index in [1.165, 1.54) is 0 Å². The van der Waals surface area contributed by atoms with Gasteiger partial charge in [-0.05, 0) is 18.8 Å². The van der Waals surface area contributed by atoms with E-state index in [-0.39, 0.29) is 6.61 Å². The maximum absolute atomic E-state index is 8.42. The number of aliphatic hydroxyl groups is 1. The second-order valence-corrected chi connectivity index (χ2v) is 2.47. The lowest BCUT2D eigenvalue weighted by molar-refractivity contribution is 0.261. The number of aliphatic hydroxyl groups excluding tert-OH is 1. The molecule has 0 aliphatic rings. The standard InChI is InChI=1S/C6H13ClO/c1-6(2-4-7)3-5-8/h6,8H,2-5H2,1H3. The molecule has 0 radical (unpaired) electrons. The first-order valence-electron chi connectivity index (χ1n) is 2.98. The van der Waals surface area contributed by atoms with Gasteiger partial charge in [-0.3, -0.25) is 0 Å². The Bertz CT molecular complexity index is 41.8. The van der Waals surface area contributed by atoms with Gasteiger partial charge in [-0.2, -0.15) is 0 Å². The summed E-state index contributed by atoms with van der Waals surface area (Å²) < 4.78 is 0. The van der Waals surface area contributed by atoms with Crippen molar-refractivity contribution in [3.8, 4) is 0 Å². The van der Waals surface area contributed by atoms with Crippen molar-refractivity contribution in [2.75, 3.05) is 12.5 Å². The molecule has 1 unspecified atom stereocenters. The molecule has 0 aromatic rings. The molecule has 50 valence electrons. The summed E-state index contributed by atoms with van der Waals surface area (Å²) in [6.45, 7) is 2.39. The molecule has 2 heteroatoms. The van der Waals surface area contributed by atoms with Crippen LogP contribution < -0.4 is 0 Å². The highest BCUT2D eigenvalue weighted by atomic mass is 35.5. The van der Waals surface area contributed by atoms with Gasteiger partial charge in [-0.15, -0.1) is 11.6 Å². The Balaban J connectivity index is 2.92. The number of halogens is 1. The average Bonchev–Trinajstić information content (AvgIpc) is 1.68. The zero-order valence-corrected chi connectivity index (χ0v) is 5.99. The minimum atomic E-state index is 0.290. The van der Waals surface area contributed by atoms with Crippen molar-refractivity contribution in [1.29, 1.82) is 0 Å². The zero-order chi connectivity index (χ0) is 6.41. The van der Waals surface area contributed by atoms with Crippen molar-refractivity contribution in [2.45, 2.75) is 19.8 Å². The molecular weight excluding hydrogens is 124 g/mol. The van der Waals surface area contributed by atoms with E-state index < -0.39 is 0 Å². The Morgan fingerprint density at radius 2 is 2.12 bits per heavy atom. The van der Waals surface area contributed by atoms with Crippen LogP contribution >= 0.6 is 11.6 Å². The Morgan fingerprint density at radius 1 is 1.50 bits per heavy atom. The Labute approximate surface area is 55.7 Å². The smallest absolute Gasteiger partial charge is 0.0433 e. The summed E-state index contributed by atoms with van der Waals surface area (Å²) in [7, 11) is 0. The molecule has 0 heterocycles. The highest BCUT2D eigenvalue weighted by molar-refractivity contribution is 6.17. The molecule has 0 saturated heterocycles. The molecule has 8 heavy (non-hydrogen) atoms. The first-order chi connectivity index (χ1) is 3.81. The highest BCUT2D eigenvalue weighted by Gasteiger charge is 1.97. The first-order valence-corrected chi connectivity index (χ1v) is 3.51. The summed E-state index contributed by atoms with van der Waals surface area (Å²) in [6.07, 6.45) is 1.90. The van der Waals surface area contributed by atoms with E-state index in [1.807, 2.05) is 0 Å². The van der Waals surface area contributed by atoms with Crippen LogP contribution in [-0.2, 0) is 0 Å². The van der Waals surface area contributed by atoms with Gasteiger partial charge < -0.3 is 5.11 Å². The number of hydrogen-bond donors (Lipinski definition) is 1. The summed E-state index contributed by atoms with van der Waals surface area (Å²) in [5.74, 6) is 1.29. The lowest BCUT2D eigenvalue weighted by atomic mass is 10.1. The van der Waals surface area contributed by atoms with E-state index in [4.69, 9.17) is 16.7 Å². The monoisotopic (exact) mass is 136 g/mol. The molecule has 0 aromatic carbocycles. The lowest BCUT2D eigenvalue weighted by Gasteiger charge is -2.04. The van der Waals surface area contributed by atoms with Gasteiger partial charge >= 0.3 is 0 Å². The number of hydrogen-bond acceptors (Lipinski definition) is 1. The van der Waals surface area contributed by atoms with Crippen molar-refractivity contribution in [3.63, 3.8) is 0 Å². The fraction of sp³-hybridized carbons (Fsp3) is 1.00. The van der Waals surface area contributed by atoms with Crippen LogP contribution in [0.25, 0.3) is 0 Å². The molecule has 0 spiro atoms. The van der Waals surface area contributed by atoms with Crippen LogP contribution in [0, 0.1) is 5.92 Å². The lowest BCUT2D eigenvalue weighted by Crippen LogP contribution is -1.97. The molecule has 0 aliphatic heterocycles. The largest absolute Gasteiger partial charge is 0.396 e. The predicted octanol–water partition coefficient (Wildman–Crippen LogP) is 1.63. The van der Waals surface area contributed by atoms with Gasteiger partial charge in [0.05, 0.1) is 0 Å². The van der Waals surface area contributed by atoms with E-state index >= 15 is 0 Å². The molecule has 1 atom stereocenters. The van der Waals surface area contributed by atoms with Gasteiger partial charge in [0.2, 0.25) is 0 Å². The number of rotatable bonds is 4. The zero-order valence-electron chi connectivity index (χ0n) is 5.23. The maximum Gasteiger partial charge on any atom is 0.0433 e. The van der Waals surface area contributed by atoms with Gasteiger partial charge in [0, 0.05) is 12.5 Å². The van der Waals surface area contributed by atoms with Crippen LogP contribution in [0.4, 0.5) is 0 Å². The third-order valence-electron chi connectivity index (χ3n) is 1.22. The summed E-state index contributed by atoms with van der Waals surface area (Å²) in [6, 6.07) is 0. The normalized spacial score (nSPS) is 13.9. The molecule has 0 amide bonds. The minimum absolute atomic E-state index is 0.290. The van der Waals surface area contributed by atoms with E-state index in [9.17, 15) is 0 Å². The fourth-order valence-electron chi connectivity index (χ4n) is 0.551. The molecule has 1 nitrogen and oxygen atoms in total. The van der Waals surface area contributed by atoms with Gasteiger partial charge in [0.25, 0.3) is 0 Å². The van der Waals surface area contributed by atoms with Gasteiger partial charge in [0.1, 0.15) is 0 Å². The van der Waals surface area contributed by atoms with E-state index in [1.54, 1.807) is 0 Å². The molecule has 0 aliphatic carbocycles. The van der Waals surface area contributed by atoms with Crippen LogP contribution in [-0.4, -0.2) is 17.6 Å². The SMILES string of the molecule is CC(CCO)CCCl. The second kappa shape index (κ2) is 5.39.